The van der Waals surface area contributed by atoms with Crippen LogP contribution in [0.3, 0.4) is 0 Å². The summed E-state index contributed by atoms with van der Waals surface area (Å²) in [7, 11) is 0. The molecule has 1 amide bonds. The Morgan fingerprint density at radius 2 is 2.11 bits per heavy atom. The normalized spacial score (nSPS) is 17.9. The molecule has 0 aromatic rings. The quantitative estimate of drug-likeness (QED) is 0.660. The molecule has 1 fully saturated rings. The number of carbonyl (C=O) groups is 2. The Bertz CT molecular complexity index is 292. The maximum atomic E-state index is 11.6. The fourth-order valence-electron chi connectivity index (χ4n) is 2.16. The van der Waals surface area contributed by atoms with E-state index in [1.54, 1.807) is 11.8 Å². The van der Waals surface area contributed by atoms with Gasteiger partial charge in [0.15, 0.2) is 0 Å². The van der Waals surface area contributed by atoms with Gasteiger partial charge in [0.1, 0.15) is 0 Å². The van der Waals surface area contributed by atoms with Gasteiger partial charge in [0.2, 0.25) is 5.91 Å². The smallest absolute Gasteiger partial charge is 0.308 e. The first-order valence-electron chi connectivity index (χ1n) is 6.80. The van der Waals surface area contributed by atoms with Crippen molar-refractivity contribution >= 4 is 23.6 Å². The fourth-order valence-corrected chi connectivity index (χ4v) is 2.88. The predicted molar refractivity (Wildman–Crippen MR) is 75.3 cm³/mol. The van der Waals surface area contributed by atoms with Crippen molar-refractivity contribution in [2.75, 3.05) is 31.3 Å². The Labute approximate surface area is 118 Å². The molecule has 110 valence electrons. The minimum absolute atomic E-state index is 0.0724. The summed E-state index contributed by atoms with van der Waals surface area (Å²) in [5.74, 6) is 0.0769. The number of carbonyl (C=O) groups excluding carboxylic acids is 1. The van der Waals surface area contributed by atoms with Gasteiger partial charge in [-0.1, -0.05) is 6.92 Å². The second-order valence-corrected chi connectivity index (χ2v) is 5.86. The molecule has 2 N–H and O–H groups in total. The summed E-state index contributed by atoms with van der Waals surface area (Å²) in [4.78, 5) is 22.9. The van der Waals surface area contributed by atoms with Crippen LogP contribution in [0, 0.1) is 11.8 Å². The number of carboxylic acid groups (broad SMARTS) is 1. The topological polar surface area (TPSA) is 75.6 Å². The van der Waals surface area contributed by atoms with Crippen molar-refractivity contribution in [2.45, 2.75) is 26.2 Å². The zero-order valence-corrected chi connectivity index (χ0v) is 12.2. The minimum atomic E-state index is -0.826. The third kappa shape index (κ3) is 6.29. The zero-order chi connectivity index (χ0) is 14.1. The third-order valence-electron chi connectivity index (χ3n) is 3.25. The maximum absolute atomic E-state index is 11.6. The molecule has 5 nitrogen and oxygen atoms in total. The largest absolute Gasteiger partial charge is 0.481 e. The van der Waals surface area contributed by atoms with E-state index in [0.717, 1.165) is 25.0 Å². The molecule has 0 aliphatic carbocycles. The molecule has 1 atom stereocenters. The Morgan fingerprint density at radius 1 is 1.42 bits per heavy atom. The van der Waals surface area contributed by atoms with Gasteiger partial charge < -0.3 is 15.2 Å². The van der Waals surface area contributed by atoms with Crippen molar-refractivity contribution in [3.8, 4) is 0 Å². The third-order valence-corrected chi connectivity index (χ3v) is 4.42. The molecule has 19 heavy (non-hydrogen) atoms. The molecule has 0 bridgehead atoms. The summed E-state index contributed by atoms with van der Waals surface area (Å²) in [6, 6.07) is 0. The Morgan fingerprint density at radius 3 is 2.68 bits per heavy atom. The zero-order valence-electron chi connectivity index (χ0n) is 11.4. The molecule has 1 unspecified atom stereocenters. The van der Waals surface area contributed by atoms with Gasteiger partial charge in [-0.05, 0) is 30.9 Å². The highest BCUT2D eigenvalue weighted by Crippen LogP contribution is 2.23. The fraction of sp³-hybridized carbons (Fsp3) is 0.846. The number of rotatable bonds is 8. The number of amides is 1. The number of carboxylic acids is 1. The summed E-state index contributed by atoms with van der Waals surface area (Å²) in [6.45, 7) is 3.53. The van der Waals surface area contributed by atoms with Crippen LogP contribution in [0.2, 0.25) is 0 Å². The van der Waals surface area contributed by atoms with Crippen LogP contribution in [0.1, 0.15) is 26.2 Å². The average Bonchev–Trinajstić information content (AvgIpc) is 2.40. The SMILES string of the molecule is CCCSCC(=O)NCC(C(=O)O)C1CCOCC1. The average molecular weight is 289 g/mol. The van der Waals surface area contributed by atoms with Crippen molar-refractivity contribution in [1.29, 1.82) is 0 Å². The summed E-state index contributed by atoms with van der Waals surface area (Å²) in [5, 5.41) is 12.0. The first-order valence-corrected chi connectivity index (χ1v) is 7.95. The van der Waals surface area contributed by atoms with Gasteiger partial charge in [0.25, 0.3) is 0 Å². The Balaban J connectivity index is 2.32. The standard InChI is InChI=1S/C13H23NO4S/c1-2-7-19-9-12(15)14-8-11(13(16)17)10-3-5-18-6-4-10/h10-11H,2-9H2,1H3,(H,14,15)(H,16,17). The van der Waals surface area contributed by atoms with Gasteiger partial charge >= 0.3 is 5.97 Å². The van der Waals surface area contributed by atoms with Crippen LogP contribution in [0.25, 0.3) is 0 Å². The van der Waals surface area contributed by atoms with Crippen molar-refractivity contribution in [1.82, 2.24) is 5.32 Å². The second kappa shape index (κ2) is 9.20. The van der Waals surface area contributed by atoms with Gasteiger partial charge in [-0.2, -0.15) is 11.8 Å². The number of nitrogens with one attached hydrogen (secondary N) is 1. The van der Waals surface area contributed by atoms with Gasteiger partial charge in [0, 0.05) is 19.8 Å². The molecule has 0 radical (unpaired) electrons. The van der Waals surface area contributed by atoms with E-state index in [1.165, 1.54) is 0 Å². The van der Waals surface area contributed by atoms with Crippen molar-refractivity contribution in [2.24, 2.45) is 11.8 Å². The molecule has 0 aromatic carbocycles. The lowest BCUT2D eigenvalue weighted by Crippen LogP contribution is -2.39. The van der Waals surface area contributed by atoms with Crippen molar-refractivity contribution in [3.63, 3.8) is 0 Å². The minimum Gasteiger partial charge on any atom is -0.481 e. The molecule has 0 saturated carbocycles. The van der Waals surface area contributed by atoms with Crippen molar-refractivity contribution in [3.05, 3.63) is 0 Å². The van der Waals surface area contributed by atoms with Gasteiger partial charge in [0.05, 0.1) is 11.7 Å². The molecular formula is C13H23NO4S. The van der Waals surface area contributed by atoms with Crippen LogP contribution >= 0.6 is 11.8 Å². The highest BCUT2D eigenvalue weighted by atomic mass is 32.2. The monoisotopic (exact) mass is 289 g/mol. The summed E-state index contributed by atoms with van der Waals surface area (Å²) in [6.07, 6.45) is 2.56. The highest BCUT2D eigenvalue weighted by molar-refractivity contribution is 7.99. The van der Waals surface area contributed by atoms with Gasteiger partial charge in [-0.15, -0.1) is 0 Å². The maximum Gasteiger partial charge on any atom is 0.308 e. The molecule has 1 aliphatic heterocycles. The lowest BCUT2D eigenvalue weighted by atomic mass is 9.86. The van der Waals surface area contributed by atoms with Crippen LogP contribution < -0.4 is 5.32 Å². The van der Waals surface area contributed by atoms with Crippen LogP contribution in [-0.4, -0.2) is 48.2 Å². The van der Waals surface area contributed by atoms with E-state index in [0.29, 0.717) is 19.0 Å². The number of ether oxygens (including phenoxy) is 1. The Hall–Kier alpha value is -0.750. The van der Waals surface area contributed by atoms with Crippen LogP contribution in [0.15, 0.2) is 0 Å². The molecule has 1 saturated heterocycles. The highest BCUT2D eigenvalue weighted by Gasteiger charge is 2.29. The molecule has 1 rings (SSSR count). The summed E-state index contributed by atoms with van der Waals surface area (Å²) in [5.41, 5.74) is 0. The lowest BCUT2D eigenvalue weighted by molar-refractivity contribution is -0.144. The second-order valence-electron chi connectivity index (χ2n) is 4.75. The number of aliphatic carboxylic acids is 1. The van der Waals surface area contributed by atoms with Crippen LogP contribution in [0.5, 0.6) is 0 Å². The van der Waals surface area contributed by atoms with E-state index in [4.69, 9.17) is 4.74 Å². The van der Waals surface area contributed by atoms with Crippen LogP contribution in [-0.2, 0) is 14.3 Å². The van der Waals surface area contributed by atoms with E-state index in [-0.39, 0.29) is 18.4 Å². The Kier molecular flexibility index (Phi) is 7.90. The number of thioether (sulfide) groups is 1. The molecular weight excluding hydrogens is 266 g/mol. The summed E-state index contributed by atoms with van der Waals surface area (Å²) >= 11 is 1.58. The molecule has 6 heteroatoms. The molecule has 0 spiro atoms. The first kappa shape index (κ1) is 16.3. The van der Waals surface area contributed by atoms with Gasteiger partial charge in [-0.3, -0.25) is 9.59 Å². The summed E-state index contributed by atoms with van der Waals surface area (Å²) < 4.78 is 5.24. The number of hydrogen-bond donors (Lipinski definition) is 2. The molecule has 1 heterocycles. The van der Waals surface area contributed by atoms with E-state index >= 15 is 0 Å². The molecule has 1 aliphatic rings. The van der Waals surface area contributed by atoms with E-state index in [2.05, 4.69) is 12.2 Å². The first-order chi connectivity index (χ1) is 9.15. The van der Waals surface area contributed by atoms with E-state index in [9.17, 15) is 14.7 Å². The predicted octanol–water partition coefficient (Wildman–Crippen LogP) is 1.37. The lowest BCUT2D eigenvalue weighted by Gasteiger charge is -2.27. The van der Waals surface area contributed by atoms with Crippen LogP contribution in [0.4, 0.5) is 0 Å². The van der Waals surface area contributed by atoms with E-state index in [1.807, 2.05) is 0 Å². The van der Waals surface area contributed by atoms with Crippen molar-refractivity contribution < 1.29 is 19.4 Å². The van der Waals surface area contributed by atoms with Gasteiger partial charge in [-0.25, -0.2) is 0 Å². The molecule has 0 aromatic heterocycles. The number of hydrogen-bond acceptors (Lipinski definition) is 4. The van der Waals surface area contributed by atoms with E-state index < -0.39 is 11.9 Å².